The molecule has 146 valence electrons. The van der Waals surface area contributed by atoms with E-state index >= 15 is 0 Å². The van der Waals surface area contributed by atoms with Crippen LogP contribution in [0.3, 0.4) is 0 Å². The van der Waals surface area contributed by atoms with Gasteiger partial charge in [-0.25, -0.2) is 9.48 Å². The van der Waals surface area contributed by atoms with Gasteiger partial charge in [-0.05, 0) is 52.3 Å². The molecule has 0 unspecified atom stereocenters. The van der Waals surface area contributed by atoms with Crippen LogP contribution in [0.25, 0.3) is 0 Å². The summed E-state index contributed by atoms with van der Waals surface area (Å²) in [6.45, 7) is 8.30. The van der Waals surface area contributed by atoms with Gasteiger partial charge in [-0.1, -0.05) is 29.8 Å². The molecular weight excluding hydrogens is 342 g/mol. The van der Waals surface area contributed by atoms with Gasteiger partial charge in [0.15, 0.2) is 0 Å². The van der Waals surface area contributed by atoms with Gasteiger partial charge in [0, 0.05) is 12.5 Å². The SMILES string of the molecule is CCn1c(C2CCNCC2)nn(CC(=O)N[C@@H](C)c2ccc(C)cc2)c1=O. The van der Waals surface area contributed by atoms with E-state index in [2.05, 4.69) is 15.7 Å². The molecule has 0 spiro atoms. The van der Waals surface area contributed by atoms with Gasteiger partial charge in [-0.15, -0.1) is 0 Å². The van der Waals surface area contributed by atoms with E-state index in [1.807, 2.05) is 45.0 Å². The molecule has 0 radical (unpaired) electrons. The molecule has 2 N–H and O–H groups in total. The predicted octanol–water partition coefficient (Wildman–Crippen LogP) is 1.72. The van der Waals surface area contributed by atoms with E-state index in [9.17, 15) is 9.59 Å². The molecule has 2 heterocycles. The third-order valence-corrected chi connectivity index (χ3v) is 5.22. The minimum Gasteiger partial charge on any atom is -0.348 e. The Labute approximate surface area is 159 Å². The van der Waals surface area contributed by atoms with E-state index in [0.717, 1.165) is 37.3 Å². The van der Waals surface area contributed by atoms with Crippen molar-refractivity contribution in [1.82, 2.24) is 25.0 Å². The third-order valence-electron chi connectivity index (χ3n) is 5.22. The largest absolute Gasteiger partial charge is 0.348 e. The zero-order chi connectivity index (χ0) is 19.4. The Morgan fingerprint density at radius 3 is 2.59 bits per heavy atom. The molecule has 27 heavy (non-hydrogen) atoms. The lowest BCUT2D eigenvalue weighted by molar-refractivity contribution is -0.122. The molecule has 2 aromatic rings. The second-order valence-corrected chi connectivity index (χ2v) is 7.27. The Kier molecular flexibility index (Phi) is 6.11. The van der Waals surface area contributed by atoms with Gasteiger partial charge in [0.1, 0.15) is 12.4 Å². The number of aromatic nitrogens is 3. The first-order chi connectivity index (χ1) is 13.0. The summed E-state index contributed by atoms with van der Waals surface area (Å²) in [5.41, 5.74) is 2.01. The minimum absolute atomic E-state index is 0.0556. The highest BCUT2D eigenvalue weighted by Gasteiger charge is 2.24. The summed E-state index contributed by atoms with van der Waals surface area (Å²) >= 11 is 0. The summed E-state index contributed by atoms with van der Waals surface area (Å²) in [5, 5.41) is 10.8. The normalized spacial score (nSPS) is 16.3. The van der Waals surface area contributed by atoms with Crippen LogP contribution in [-0.2, 0) is 17.9 Å². The minimum atomic E-state index is -0.206. The fourth-order valence-electron chi connectivity index (χ4n) is 3.60. The van der Waals surface area contributed by atoms with E-state index in [1.165, 1.54) is 10.2 Å². The number of hydrogen-bond acceptors (Lipinski definition) is 4. The smallest absolute Gasteiger partial charge is 0.346 e. The lowest BCUT2D eigenvalue weighted by atomic mass is 9.97. The number of benzene rings is 1. The zero-order valence-corrected chi connectivity index (χ0v) is 16.4. The van der Waals surface area contributed by atoms with Gasteiger partial charge in [0.25, 0.3) is 0 Å². The van der Waals surface area contributed by atoms with Crippen LogP contribution in [0, 0.1) is 6.92 Å². The van der Waals surface area contributed by atoms with Crippen LogP contribution >= 0.6 is 0 Å². The summed E-state index contributed by atoms with van der Waals surface area (Å²) in [4.78, 5) is 25.1. The third kappa shape index (κ3) is 4.47. The predicted molar refractivity (Wildman–Crippen MR) is 105 cm³/mol. The monoisotopic (exact) mass is 371 g/mol. The van der Waals surface area contributed by atoms with Gasteiger partial charge in [0.2, 0.25) is 5.91 Å². The number of rotatable bonds is 6. The molecule has 1 aromatic carbocycles. The van der Waals surface area contributed by atoms with E-state index < -0.39 is 0 Å². The van der Waals surface area contributed by atoms with Crippen LogP contribution in [0.15, 0.2) is 29.1 Å². The second-order valence-electron chi connectivity index (χ2n) is 7.27. The van der Waals surface area contributed by atoms with E-state index in [4.69, 9.17) is 0 Å². The average Bonchev–Trinajstić information content (AvgIpc) is 2.98. The highest BCUT2D eigenvalue weighted by Crippen LogP contribution is 2.22. The number of nitrogens with zero attached hydrogens (tertiary/aromatic N) is 3. The van der Waals surface area contributed by atoms with Crippen LogP contribution in [0.5, 0.6) is 0 Å². The van der Waals surface area contributed by atoms with Crippen molar-refractivity contribution < 1.29 is 4.79 Å². The van der Waals surface area contributed by atoms with Crippen molar-refractivity contribution >= 4 is 5.91 Å². The lowest BCUT2D eigenvalue weighted by Gasteiger charge is -2.21. The van der Waals surface area contributed by atoms with E-state index in [1.54, 1.807) is 4.57 Å². The van der Waals surface area contributed by atoms with Crippen molar-refractivity contribution in [2.24, 2.45) is 0 Å². The summed E-state index contributed by atoms with van der Waals surface area (Å²) in [6, 6.07) is 7.94. The topological polar surface area (TPSA) is 81.0 Å². The van der Waals surface area contributed by atoms with Crippen LogP contribution in [0.1, 0.15) is 55.6 Å². The average molecular weight is 371 g/mol. The van der Waals surface area contributed by atoms with Crippen molar-refractivity contribution in [2.45, 2.75) is 58.7 Å². The number of carbonyl (C=O) groups excluding carboxylic acids is 1. The maximum absolute atomic E-state index is 12.7. The first-order valence-corrected chi connectivity index (χ1v) is 9.73. The second kappa shape index (κ2) is 8.52. The number of carbonyl (C=O) groups is 1. The summed E-state index contributed by atoms with van der Waals surface area (Å²) in [5.74, 6) is 0.876. The highest BCUT2D eigenvalue weighted by molar-refractivity contribution is 5.76. The van der Waals surface area contributed by atoms with Gasteiger partial charge in [-0.2, -0.15) is 5.10 Å². The van der Waals surface area contributed by atoms with Gasteiger partial charge in [-0.3, -0.25) is 9.36 Å². The first kappa shape index (κ1) is 19.4. The number of nitrogens with one attached hydrogen (secondary N) is 2. The molecule has 0 bridgehead atoms. The molecule has 0 aliphatic carbocycles. The summed E-state index contributed by atoms with van der Waals surface area (Å²) < 4.78 is 3.00. The fraction of sp³-hybridized carbons (Fsp3) is 0.550. The molecule has 1 amide bonds. The number of amides is 1. The molecule has 0 saturated carbocycles. The van der Waals surface area contributed by atoms with Crippen molar-refractivity contribution in [3.05, 3.63) is 51.7 Å². The number of aryl methyl sites for hydroxylation is 1. The van der Waals surface area contributed by atoms with Crippen LogP contribution in [-0.4, -0.2) is 33.3 Å². The Morgan fingerprint density at radius 1 is 1.30 bits per heavy atom. The standard InChI is InChI=1S/C20H29N5O2/c1-4-24-19(17-9-11-21-12-10-17)23-25(20(24)27)13-18(26)22-15(3)16-7-5-14(2)6-8-16/h5-8,15,17,21H,4,9-13H2,1-3H3,(H,22,26)/t15-/m0/s1. The molecule has 7 nitrogen and oxygen atoms in total. The maximum atomic E-state index is 12.7. The van der Waals surface area contributed by atoms with Crippen molar-refractivity contribution in [1.29, 1.82) is 0 Å². The molecule has 3 rings (SSSR count). The Bertz CT molecular complexity index is 831. The number of piperidine rings is 1. The van der Waals surface area contributed by atoms with Crippen molar-refractivity contribution in [2.75, 3.05) is 13.1 Å². The van der Waals surface area contributed by atoms with Gasteiger partial charge in [0.05, 0.1) is 6.04 Å². The molecule has 1 fully saturated rings. The lowest BCUT2D eigenvalue weighted by Crippen LogP contribution is -2.35. The van der Waals surface area contributed by atoms with Crippen molar-refractivity contribution in [3.8, 4) is 0 Å². The molecule has 7 heteroatoms. The Balaban J connectivity index is 1.71. The Hall–Kier alpha value is -2.41. The fourth-order valence-corrected chi connectivity index (χ4v) is 3.60. The molecule has 1 atom stereocenters. The van der Waals surface area contributed by atoms with Crippen LogP contribution in [0.4, 0.5) is 0 Å². The van der Waals surface area contributed by atoms with E-state index in [0.29, 0.717) is 6.54 Å². The zero-order valence-electron chi connectivity index (χ0n) is 16.4. The van der Waals surface area contributed by atoms with Crippen molar-refractivity contribution in [3.63, 3.8) is 0 Å². The molecule has 1 aromatic heterocycles. The van der Waals surface area contributed by atoms with Gasteiger partial charge >= 0.3 is 5.69 Å². The first-order valence-electron chi connectivity index (χ1n) is 9.73. The molecule has 1 aliphatic rings. The highest BCUT2D eigenvalue weighted by atomic mass is 16.2. The maximum Gasteiger partial charge on any atom is 0.346 e. The summed E-state index contributed by atoms with van der Waals surface area (Å²) in [6.07, 6.45) is 1.93. The summed E-state index contributed by atoms with van der Waals surface area (Å²) in [7, 11) is 0. The van der Waals surface area contributed by atoms with E-state index in [-0.39, 0.29) is 30.1 Å². The quantitative estimate of drug-likeness (QED) is 0.810. The molecular formula is C20H29N5O2. The Morgan fingerprint density at radius 2 is 1.96 bits per heavy atom. The number of hydrogen-bond donors (Lipinski definition) is 2. The van der Waals surface area contributed by atoms with Crippen LogP contribution < -0.4 is 16.3 Å². The molecule has 1 aliphatic heterocycles. The molecule has 1 saturated heterocycles. The van der Waals surface area contributed by atoms with Crippen LogP contribution in [0.2, 0.25) is 0 Å². The van der Waals surface area contributed by atoms with Gasteiger partial charge < -0.3 is 10.6 Å².